The summed E-state index contributed by atoms with van der Waals surface area (Å²) in [7, 11) is 1.66. The highest BCUT2D eigenvalue weighted by Gasteiger charge is 2.31. The number of aryl methyl sites for hydroxylation is 1. The molecule has 0 bridgehead atoms. The Morgan fingerprint density at radius 3 is 2.91 bits per heavy atom. The molecule has 0 saturated carbocycles. The fraction of sp³-hybridized carbons (Fsp3) is 0.412. The number of ether oxygens (including phenoxy) is 1. The molecule has 0 aliphatic carbocycles. The van der Waals surface area contributed by atoms with Crippen molar-refractivity contribution in [1.82, 2.24) is 9.88 Å². The van der Waals surface area contributed by atoms with Gasteiger partial charge in [0.05, 0.1) is 13.2 Å². The van der Waals surface area contributed by atoms with Crippen molar-refractivity contribution < 1.29 is 9.53 Å². The summed E-state index contributed by atoms with van der Waals surface area (Å²) in [6.45, 7) is 0.853. The Balaban J connectivity index is 1.59. The second-order valence-electron chi connectivity index (χ2n) is 5.46. The van der Waals surface area contributed by atoms with Crippen molar-refractivity contribution in [3.05, 3.63) is 46.4 Å². The van der Waals surface area contributed by atoms with Gasteiger partial charge in [-0.1, -0.05) is 12.1 Å². The highest BCUT2D eigenvalue weighted by atomic mass is 32.1. The molecule has 1 aromatic heterocycles. The molecule has 1 atom stereocenters. The number of nitrogens with zero attached hydrogens (tertiary/aromatic N) is 2. The number of carbonyl (C=O) groups is 1. The Kier molecular flexibility index (Phi) is 4.73. The predicted octanol–water partition coefficient (Wildman–Crippen LogP) is 3.45. The highest BCUT2D eigenvalue weighted by Crippen LogP contribution is 2.33. The van der Waals surface area contributed by atoms with Gasteiger partial charge in [-0.25, -0.2) is 4.98 Å². The number of methoxy groups -OCH3 is 1. The van der Waals surface area contributed by atoms with Crippen molar-refractivity contribution in [2.45, 2.75) is 31.7 Å². The third kappa shape index (κ3) is 3.30. The maximum atomic E-state index is 12.5. The molecule has 0 N–H and O–H groups in total. The van der Waals surface area contributed by atoms with Gasteiger partial charge in [-0.15, -0.1) is 11.3 Å². The summed E-state index contributed by atoms with van der Waals surface area (Å²) in [6.07, 6.45) is 5.23. The lowest BCUT2D eigenvalue weighted by Crippen LogP contribution is -2.30. The van der Waals surface area contributed by atoms with Crippen LogP contribution in [0.5, 0.6) is 5.75 Å². The first-order chi connectivity index (χ1) is 10.8. The van der Waals surface area contributed by atoms with Gasteiger partial charge in [0.15, 0.2) is 0 Å². The summed E-state index contributed by atoms with van der Waals surface area (Å²) in [5, 5.41) is 3.04. The predicted molar refractivity (Wildman–Crippen MR) is 87.1 cm³/mol. The Morgan fingerprint density at radius 1 is 1.41 bits per heavy atom. The van der Waals surface area contributed by atoms with Crippen LogP contribution in [0.25, 0.3) is 0 Å². The second-order valence-corrected chi connectivity index (χ2v) is 6.39. The van der Waals surface area contributed by atoms with Gasteiger partial charge in [-0.05, 0) is 37.0 Å². The molecule has 0 spiro atoms. The molecule has 4 nitrogen and oxygen atoms in total. The van der Waals surface area contributed by atoms with Crippen LogP contribution in [0, 0.1) is 0 Å². The average molecular weight is 316 g/mol. The van der Waals surface area contributed by atoms with E-state index in [1.807, 2.05) is 40.7 Å². The van der Waals surface area contributed by atoms with Gasteiger partial charge < -0.3 is 9.64 Å². The monoisotopic (exact) mass is 316 g/mol. The Morgan fingerprint density at radius 2 is 2.23 bits per heavy atom. The number of hydrogen-bond acceptors (Lipinski definition) is 4. The van der Waals surface area contributed by atoms with E-state index in [0.29, 0.717) is 6.42 Å². The smallest absolute Gasteiger partial charge is 0.223 e. The van der Waals surface area contributed by atoms with Crippen molar-refractivity contribution in [2.75, 3.05) is 13.7 Å². The zero-order valence-electron chi connectivity index (χ0n) is 12.7. The van der Waals surface area contributed by atoms with Crippen LogP contribution < -0.4 is 4.74 Å². The minimum absolute atomic E-state index is 0.184. The zero-order valence-corrected chi connectivity index (χ0v) is 13.5. The Bertz CT molecular complexity index is 610. The fourth-order valence-corrected chi connectivity index (χ4v) is 3.69. The molecule has 2 aromatic rings. The summed E-state index contributed by atoms with van der Waals surface area (Å²) < 4.78 is 5.15. The molecule has 3 rings (SSSR count). The molecule has 1 fully saturated rings. The minimum atomic E-state index is 0.184. The number of rotatable bonds is 5. The molecular weight excluding hydrogens is 296 g/mol. The first kappa shape index (κ1) is 15.0. The molecule has 1 unspecified atom stereocenters. The van der Waals surface area contributed by atoms with Gasteiger partial charge in [-0.2, -0.15) is 0 Å². The van der Waals surface area contributed by atoms with E-state index in [4.69, 9.17) is 4.74 Å². The van der Waals surface area contributed by atoms with E-state index in [1.165, 1.54) is 5.56 Å². The molecule has 1 aromatic carbocycles. The largest absolute Gasteiger partial charge is 0.497 e. The van der Waals surface area contributed by atoms with Gasteiger partial charge in [0, 0.05) is 24.5 Å². The highest BCUT2D eigenvalue weighted by molar-refractivity contribution is 7.09. The van der Waals surface area contributed by atoms with Gasteiger partial charge in [-0.3, -0.25) is 4.79 Å². The lowest BCUT2D eigenvalue weighted by Gasteiger charge is -2.23. The molecule has 5 heteroatoms. The molecule has 2 heterocycles. The number of aromatic nitrogens is 1. The van der Waals surface area contributed by atoms with E-state index in [0.717, 1.165) is 36.6 Å². The van der Waals surface area contributed by atoms with Crippen LogP contribution in [0.2, 0.25) is 0 Å². The van der Waals surface area contributed by atoms with Crippen molar-refractivity contribution >= 4 is 17.2 Å². The van der Waals surface area contributed by atoms with Crippen LogP contribution in [-0.4, -0.2) is 29.4 Å². The van der Waals surface area contributed by atoms with Gasteiger partial charge in [0.1, 0.15) is 10.8 Å². The maximum Gasteiger partial charge on any atom is 0.223 e. The van der Waals surface area contributed by atoms with Crippen LogP contribution in [0.15, 0.2) is 35.8 Å². The van der Waals surface area contributed by atoms with Crippen molar-refractivity contribution in [3.8, 4) is 5.75 Å². The third-order valence-electron chi connectivity index (χ3n) is 4.10. The van der Waals surface area contributed by atoms with Crippen molar-refractivity contribution in [3.63, 3.8) is 0 Å². The van der Waals surface area contributed by atoms with Crippen molar-refractivity contribution in [2.24, 2.45) is 0 Å². The lowest BCUT2D eigenvalue weighted by atomic mass is 10.1. The summed E-state index contributed by atoms with van der Waals surface area (Å²) in [5.74, 6) is 1.08. The number of benzene rings is 1. The minimum Gasteiger partial charge on any atom is -0.497 e. The fourth-order valence-electron chi connectivity index (χ4n) is 2.91. The van der Waals surface area contributed by atoms with Crippen LogP contribution in [0.1, 0.15) is 35.9 Å². The van der Waals surface area contributed by atoms with E-state index < -0.39 is 0 Å². The molecular formula is C17H20N2O2S. The topological polar surface area (TPSA) is 42.4 Å². The number of carbonyl (C=O) groups excluding carboxylic acids is 1. The number of likely N-dealkylation sites (tertiary alicyclic amines) is 1. The first-order valence-corrected chi connectivity index (χ1v) is 8.47. The lowest BCUT2D eigenvalue weighted by molar-refractivity contribution is -0.132. The third-order valence-corrected chi connectivity index (χ3v) is 4.97. The normalized spacial score (nSPS) is 17.7. The van der Waals surface area contributed by atoms with Gasteiger partial charge in [0.25, 0.3) is 0 Å². The van der Waals surface area contributed by atoms with E-state index in [2.05, 4.69) is 4.98 Å². The van der Waals surface area contributed by atoms with Crippen LogP contribution >= 0.6 is 11.3 Å². The average Bonchev–Trinajstić information content (AvgIpc) is 3.23. The summed E-state index contributed by atoms with van der Waals surface area (Å²) in [4.78, 5) is 18.9. The standard InChI is InChI=1S/C17H20N2O2S/c1-21-14-7-4-13(5-8-14)6-9-16(20)19-11-2-3-15(19)17-18-10-12-22-17/h4-5,7-8,10,12,15H,2-3,6,9,11H2,1H3. The van der Waals surface area contributed by atoms with Gasteiger partial charge in [0.2, 0.25) is 5.91 Å². The summed E-state index contributed by atoms with van der Waals surface area (Å²) in [6, 6.07) is 8.11. The van der Waals surface area contributed by atoms with E-state index in [9.17, 15) is 4.79 Å². The number of hydrogen-bond donors (Lipinski definition) is 0. The molecule has 1 aliphatic heterocycles. The van der Waals surface area contributed by atoms with Crippen molar-refractivity contribution in [1.29, 1.82) is 0 Å². The number of thiazole rings is 1. The van der Waals surface area contributed by atoms with Crippen LogP contribution in [0.4, 0.5) is 0 Å². The quantitative estimate of drug-likeness (QED) is 0.848. The first-order valence-electron chi connectivity index (χ1n) is 7.59. The Labute approximate surface area is 134 Å². The molecule has 22 heavy (non-hydrogen) atoms. The summed E-state index contributed by atoms with van der Waals surface area (Å²) in [5.41, 5.74) is 1.17. The molecule has 0 radical (unpaired) electrons. The molecule has 116 valence electrons. The Hall–Kier alpha value is -1.88. The molecule has 1 amide bonds. The van der Waals surface area contributed by atoms with Crippen LogP contribution in [0.3, 0.4) is 0 Å². The maximum absolute atomic E-state index is 12.5. The van der Waals surface area contributed by atoms with Gasteiger partial charge >= 0.3 is 0 Å². The zero-order chi connectivity index (χ0) is 15.4. The number of amides is 1. The van der Waals surface area contributed by atoms with E-state index in [1.54, 1.807) is 18.4 Å². The van der Waals surface area contributed by atoms with E-state index >= 15 is 0 Å². The van der Waals surface area contributed by atoms with E-state index in [-0.39, 0.29) is 11.9 Å². The SMILES string of the molecule is COc1ccc(CCC(=O)N2CCCC2c2nccs2)cc1. The second kappa shape index (κ2) is 6.92. The molecule has 1 saturated heterocycles. The summed E-state index contributed by atoms with van der Waals surface area (Å²) >= 11 is 1.64. The van der Waals surface area contributed by atoms with Crippen LogP contribution in [-0.2, 0) is 11.2 Å². The molecule has 1 aliphatic rings.